The molecule has 0 aliphatic heterocycles. The maximum atomic E-state index is 12.3. The number of methoxy groups -OCH3 is 1. The summed E-state index contributed by atoms with van der Waals surface area (Å²) in [6.07, 6.45) is 1.49. The maximum absolute atomic E-state index is 12.3. The molecule has 0 radical (unpaired) electrons. The molecule has 1 unspecified atom stereocenters. The number of fused-ring (bicyclic) bond motifs is 1. The van der Waals surface area contributed by atoms with E-state index in [1.807, 2.05) is 24.3 Å². The summed E-state index contributed by atoms with van der Waals surface area (Å²) in [6, 6.07) is 7.45. The van der Waals surface area contributed by atoms with Crippen LogP contribution in [0.15, 0.2) is 34.9 Å². The maximum Gasteiger partial charge on any atom is 0.257 e. The van der Waals surface area contributed by atoms with Crippen LogP contribution < -0.4 is 0 Å². The fourth-order valence-electron chi connectivity index (χ4n) is 1.96. The zero-order valence-electron chi connectivity index (χ0n) is 10.9. The minimum Gasteiger partial charge on any atom is -0.463 e. The first-order valence-electron chi connectivity index (χ1n) is 5.98. The van der Waals surface area contributed by atoms with Crippen LogP contribution in [0.1, 0.15) is 10.4 Å². The topological polar surface area (TPSA) is 42.7 Å². The largest absolute Gasteiger partial charge is 0.463 e. The molecule has 102 valence electrons. The lowest BCUT2D eigenvalue weighted by Crippen LogP contribution is -2.33. The number of carbonyl (C=O) groups is 1. The molecule has 0 aliphatic rings. The zero-order chi connectivity index (χ0) is 13.8. The molecule has 1 heterocycles. The van der Waals surface area contributed by atoms with Crippen LogP contribution in [-0.4, -0.2) is 43.5 Å². The SMILES string of the molecule is COCC(Cl)CN(C)C(=O)c1coc2ccccc12. The van der Waals surface area contributed by atoms with E-state index >= 15 is 0 Å². The molecule has 2 aromatic rings. The van der Waals surface area contributed by atoms with Gasteiger partial charge in [-0.15, -0.1) is 11.6 Å². The van der Waals surface area contributed by atoms with Crippen LogP contribution in [0.25, 0.3) is 11.0 Å². The van der Waals surface area contributed by atoms with Crippen molar-refractivity contribution in [3.05, 3.63) is 36.1 Å². The van der Waals surface area contributed by atoms with E-state index in [1.165, 1.54) is 6.26 Å². The van der Waals surface area contributed by atoms with E-state index < -0.39 is 0 Å². The molecule has 0 fully saturated rings. The van der Waals surface area contributed by atoms with Crippen LogP contribution in [0.4, 0.5) is 0 Å². The van der Waals surface area contributed by atoms with Crippen molar-refractivity contribution in [2.75, 3.05) is 27.3 Å². The number of hydrogen-bond donors (Lipinski definition) is 0. The summed E-state index contributed by atoms with van der Waals surface area (Å²) in [5.74, 6) is -0.105. The third-order valence-corrected chi connectivity index (χ3v) is 3.14. The second kappa shape index (κ2) is 6.08. The van der Waals surface area contributed by atoms with E-state index in [-0.39, 0.29) is 11.3 Å². The lowest BCUT2D eigenvalue weighted by atomic mass is 10.1. The van der Waals surface area contributed by atoms with Crippen molar-refractivity contribution >= 4 is 28.5 Å². The molecule has 1 aromatic carbocycles. The molecule has 1 aromatic heterocycles. The Labute approximate surface area is 116 Å². The van der Waals surface area contributed by atoms with E-state index in [4.69, 9.17) is 20.8 Å². The van der Waals surface area contributed by atoms with Crippen molar-refractivity contribution in [2.45, 2.75) is 5.38 Å². The Morgan fingerprint density at radius 3 is 2.95 bits per heavy atom. The van der Waals surface area contributed by atoms with E-state index in [2.05, 4.69) is 0 Å². The number of alkyl halides is 1. The lowest BCUT2D eigenvalue weighted by molar-refractivity contribution is 0.0782. The Bertz CT molecular complexity index is 567. The molecule has 5 heteroatoms. The zero-order valence-corrected chi connectivity index (χ0v) is 11.7. The van der Waals surface area contributed by atoms with Crippen molar-refractivity contribution in [3.8, 4) is 0 Å². The van der Waals surface area contributed by atoms with Crippen molar-refractivity contribution in [2.24, 2.45) is 0 Å². The van der Waals surface area contributed by atoms with Gasteiger partial charge >= 0.3 is 0 Å². The predicted molar refractivity (Wildman–Crippen MR) is 74.7 cm³/mol. The number of para-hydroxylation sites is 1. The Morgan fingerprint density at radius 1 is 1.47 bits per heavy atom. The van der Waals surface area contributed by atoms with E-state index in [1.54, 1.807) is 19.1 Å². The number of hydrogen-bond acceptors (Lipinski definition) is 3. The number of halogens is 1. The Morgan fingerprint density at radius 2 is 2.21 bits per heavy atom. The van der Waals surface area contributed by atoms with Gasteiger partial charge in [-0.1, -0.05) is 18.2 Å². The molecule has 1 amide bonds. The fraction of sp³-hybridized carbons (Fsp3) is 0.357. The number of furan rings is 1. The molecule has 0 saturated carbocycles. The molecule has 0 aliphatic carbocycles. The quantitative estimate of drug-likeness (QED) is 0.792. The van der Waals surface area contributed by atoms with Crippen LogP contribution in [-0.2, 0) is 4.74 Å². The molecule has 2 rings (SSSR count). The molecule has 19 heavy (non-hydrogen) atoms. The average Bonchev–Trinajstić information content (AvgIpc) is 2.81. The van der Waals surface area contributed by atoms with Crippen molar-refractivity contribution < 1.29 is 13.9 Å². The summed E-state index contributed by atoms with van der Waals surface area (Å²) in [5.41, 5.74) is 1.26. The van der Waals surface area contributed by atoms with Gasteiger partial charge in [0.15, 0.2) is 0 Å². The summed E-state index contributed by atoms with van der Waals surface area (Å²) in [7, 11) is 3.30. The Balaban J connectivity index is 2.15. The summed E-state index contributed by atoms with van der Waals surface area (Å²) in [5, 5.41) is 0.592. The average molecular weight is 282 g/mol. The molecular formula is C14H16ClNO3. The third-order valence-electron chi connectivity index (χ3n) is 2.88. The van der Waals surface area contributed by atoms with Gasteiger partial charge in [0.2, 0.25) is 0 Å². The van der Waals surface area contributed by atoms with Gasteiger partial charge in [-0.05, 0) is 6.07 Å². The van der Waals surface area contributed by atoms with Crippen LogP contribution in [0.5, 0.6) is 0 Å². The first-order valence-corrected chi connectivity index (χ1v) is 6.42. The number of rotatable bonds is 5. The van der Waals surface area contributed by atoms with E-state index in [0.717, 1.165) is 5.39 Å². The smallest absolute Gasteiger partial charge is 0.257 e. The molecule has 1 atom stereocenters. The second-order valence-corrected chi connectivity index (χ2v) is 5.00. The fourth-order valence-corrected chi connectivity index (χ4v) is 2.30. The minimum atomic E-state index is -0.225. The van der Waals surface area contributed by atoms with Crippen LogP contribution in [0.3, 0.4) is 0 Å². The van der Waals surface area contributed by atoms with Crippen molar-refractivity contribution in [1.29, 1.82) is 0 Å². The number of nitrogens with zero attached hydrogens (tertiary/aromatic N) is 1. The Kier molecular flexibility index (Phi) is 4.45. The summed E-state index contributed by atoms with van der Waals surface area (Å²) < 4.78 is 10.3. The highest BCUT2D eigenvalue weighted by molar-refractivity contribution is 6.21. The van der Waals surface area contributed by atoms with Gasteiger partial charge in [-0.25, -0.2) is 0 Å². The van der Waals surface area contributed by atoms with Crippen LogP contribution in [0.2, 0.25) is 0 Å². The Hall–Kier alpha value is -1.52. The molecule has 0 N–H and O–H groups in total. The molecule has 0 bridgehead atoms. The molecule has 0 saturated heterocycles. The van der Waals surface area contributed by atoms with Gasteiger partial charge < -0.3 is 14.1 Å². The number of benzene rings is 1. The first-order chi connectivity index (χ1) is 9.13. The highest BCUT2D eigenvalue weighted by atomic mass is 35.5. The monoisotopic (exact) mass is 281 g/mol. The van der Waals surface area contributed by atoms with Gasteiger partial charge in [0.1, 0.15) is 11.8 Å². The van der Waals surface area contributed by atoms with Gasteiger partial charge in [-0.2, -0.15) is 0 Å². The second-order valence-electron chi connectivity index (χ2n) is 4.38. The van der Waals surface area contributed by atoms with Gasteiger partial charge in [-0.3, -0.25) is 4.79 Å². The summed E-state index contributed by atoms with van der Waals surface area (Å²) in [6.45, 7) is 0.832. The van der Waals surface area contributed by atoms with E-state index in [0.29, 0.717) is 24.3 Å². The highest BCUT2D eigenvalue weighted by Crippen LogP contribution is 2.22. The number of carbonyl (C=O) groups excluding carboxylic acids is 1. The van der Waals surface area contributed by atoms with Crippen LogP contribution >= 0.6 is 11.6 Å². The highest BCUT2D eigenvalue weighted by Gasteiger charge is 2.19. The minimum absolute atomic E-state index is 0.105. The summed E-state index contributed by atoms with van der Waals surface area (Å²) >= 11 is 6.06. The third kappa shape index (κ3) is 3.08. The van der Waals surface area contributed by atoms with Gasteiger partial charge in [0.25, 0.3) is 5.91 Å². The summed E-state index contributed by atoms with van der Waals surface area (Å²) in [4.78, 5) is 13.9. The lowest BCUT2D eigenvalue weighted by Gasteiger charge is -2.19. The molecule has 0 spiro atoms. The standard InChI is InChI=1S/C14H16ClNO3/c1-16(7-10(15)8-18-2)14(17)12-9-19-13-6-4-3-5-11(12)13/h3-6,9-10H,7-8H2,1-2H3. The normalized spacial score (nSPS) is 12.6. The first kappa shape index (κ1) is 13.9. The number of amides is 1. The molecule has 4 nitrogen and oxygen atoms in total. The van der Waals surface area contributed by atoms with Crippen molar-refractivity contribution in [1.82, 2.24) is 4.90 Å². The predicted octanol–water partition coefficient (Wildman–Crippen LogP) is 2.76. The van der Waals surface area contributed by atoms with Gasteiger partial charge in [0.05, 0.1) is 17.5 Å². The van der Waals surface area contributed by atoms with Gasteiger partial charge in [0, 0.05) is 26.1 Å². The van der Waals surface area contributed by atoms with Crippen LogP contribution in [0, 0.1) is 0 Å². The number of ether oxygens (including phenoxy) is 1. The van der Waals surface area contributed by atoms with Crippen molar-refractivity contribution in [3.63, 3.8) is 0 Å². The molecular weight excluding hydrogens is 266 g/mol. The van der Waals surface area contributed by atoms with E-state index in [9.17, 15) is 4.79 Å².